The summed E-state index contributed by atoms with van der Waals surface area (Å²) < 4.78 is 7.47. The van der Waals surface area contributed by atoms with Crippen molar-refractivity contribution in [3.8, 4) is 17.4 Å². The van der Waals surface area contributed by atoms with Gasteiger partial charge in [-0.15, -0.1) is 0 Å². The highest BCUT2D eigenvalue weighted by Gasteiger charge is 2.37. The molecule has 0 unspecified atom stereocenters. The van der Waals surface area contributed by atoms with Crippen molar-refractivity contribution in [2.24, 2.45) is 10.9 Å². The number of fused-ring (bicyclic) bond motifs is 1. The number of aromatic amines is 1. The van der Waals surface area contributed by atoms with Gasteiger partial charge in [0.15, 0.2) is 6.29 Å². The van der Waals surface area contributed by atoms with Crippen molar-refractivity contribution in [2.45, 2.75) is 52.0 Å². The molecule has 5 rings (SSSR count). The first-order valence-corrected chi connectivity index (χ1v) is 13.7. The third-order valence-corrected chi connectivity index (χ3v) is 7.33. The van der Waals surface area contributed by atoms with Gasteiger partial charge in [0.2, 0.25) is 11.5 Å². The molecule has 1 aliphatic heterocycles. The molecule has 4 N–H and O–H groups in total. The molecule has 11 nitrogen and oxygen atoms in total. The standard InChI is InChI=1S/C31H35N5O6/c1-30(2,40)18-36-24-12-19(14-35-15-21(16-35)31(3,4)41)8-9-23(24)33-29(36)34-28(39)20-10-11-32-27(13-20)42-26-7-5-6-25(38)22(26)17-37/h5-13,17,21,38,40-41H,14-16,18H2,1-4H3,(H,33,34,39). The summed E-state index contributed by atoms with van der Waals surface area (Å²) in [5.74, 6) is -0.416. The van der Waals surface area contributed by atoms with Gasteiger partial charge in [-0.2, -0.15) is 4.99 Å². The number of aromatic hydroxyl groups is 1. The van der Waals surface area contributed by atoms with Gasteiger partial charge in [-0.25, -0.2) is 4.98 Å². The van der Waals surface area contributed by atoms with E-state index in [4.69, 9.17) is 4.74 Å². The maximum absolute atomic E-state index is 13.3. The Balaban J connectivity index is 1.44. The number of aromatic nitrogens is 3. The number of nitrogens with one attached hydrogen (secondary N) is 1. The van der Waals surface area contributed by atoms with E-state index in [0.29, 0.717) is 12.8 Å². The Kier molecular flexibility index (Phi) is 7.76. The number of aldehydes is 1. The van der Waals surface area contributed by atoms with E-state index in [1.54, 1.807) is 18.4 Å². The Hall–Kier alpha value is -4.32. The van der Waals surface area contributed by atoms with E-state index in [-0.39, 0.29) is 46.6 Å². The largest absolute Gasteiger partial charge is 0.507 e. The fourth-order valence-electron chi connectivity index (χ4n) is 4.96. The number of ether oxygens (including phenoxy) is 1. The number of phenols is 1. The van der Waals surface area contributed by atoms with Crippen molar-refractivity contribution in [3.63, 3.8) is 0 Å². The lowest BCUT2D eigenvalue weighted by atomic mass is 9.84. The van der Waals surface area contributed by atoms with Crippen molar-refractivity contribution in [3.05, 3.63) is 77.0 Å². The number of nitrogens with zero attached hydrogens (tertiary/aromatic N) is 4. The molecule has 0 spiro atoms. The number of H-pyrrole nitrogens is 1. The maximum Gasteiger partial charge on any atom is 0.280 e. The van der Waals surface area contributed by atoms with E-state index in [0.717, 1.165) is 29.7 Å². The van der Waals surface area contributed by atoms with E-state index in [2.05, 4.69) is 19.9 Å². The van der Waals surface area contributed by atoms with Crippen LogP contribution in [0.3, 0.4) is 0 Å². The third kappa shape index (κ3) is 6.43. The second-order valence-electron chi connectivity index (χ2n) is 12.0. The molecule has 0 saturated carbocycles. The van der Waals surface area contributed by atoms with E-state index in [9.17, 15) is 24.9 Å². The maximum atomic E-state index is 13.3. The predicted octanol–water partition coefficient (Wildman–Crippen LogP) is 3.39. The highest BCUT2D eigenvalue weighted by molar-refractivity contribution is 5.95. The monoisotopic (exact) mass is 573 g/mol. The van der Waals surface area contributed by atoms with Crippen LogP contribution in [-0.2, 0) is 13.1 Å². The van der Waals surface area contributed by atoms with Crippen molar-refractivity contribution in [2.75, 3.05) is 13.1 Å². The average molecular weight is 574 g/mol. The van der Waals surface area contributed by atoms with Gasteiger partial charge in [0, 0.05) is 43.4 Å². The SMILES string of the molecule is CC(C)(O)Cn1/c(=N/C(=O)c2ccnc(Oc3cccc(O)c3C=O)c2)[nH]c2ccc(CN3CC(C(C)(C)O)C3)cc21. The van der Waals surface area contributed by atoms with Crippen LogP contribution in [-0.4, -0.2) is 71.2 Å². The van der Waals surface area contributed by atoms with Crippen molar-refractivity contribution >= 4 is 23.2 Å². The number of benzene rings is 2. The predicted molar refractivity (Wildman–Crippen MR) is 155 cm³/mol. The molecule has 220 valence electrons. The molecule has 1 fully saturated rings. The van der Waals surface area contributed by atoms with Gasteiger partial charge in [-0.3, -0.25) is 14.5 Å². The number of carbonyl (C=O) groups excluding carboxylic acids is 2. The number of amides is 1. The Morgan fingerprint density at radius 3 is 2.60 bits per heavy atom. The third-order valence-electron chi connectivity index (χ3n) is 7.33. The van der Waals surface area contributed by atoms with E-state index >= 15 is 0 Å². The van der Waals surface area contributed by atoms with Crippen molar-refractivity contribution < 1.29 is 29.6 Å². The summed E-state index contributed by atoms with van der Waals surface area (Å²) in [5.41, 5.74) is 1.27. The van der Waals surface area contributed by atoms with Gasteiger partial charge < -0.3 is 29.6 Å². The summed E-state index contributed by atoms with van der Waals surface area (Å²) in [4.78, 5) is 38.6. The van der Waals surface area contributed by atoms with E-state index < -0.39 is 17.1 Å². The molecular weight excluding hydrogens is 538 g/mol. The number of phenolic OH excluding ortho intramolecular Hbond substituents is 1. The summed E-state index contributed by atoms with van der Waals surface area (Å²) in [7, 11) is 0. The lowest BCUT2D eigenvalue weighted by Crippen LogP contribution is -2.55. The van der Waals surface area contributed by atoms with Crippen LogP contribution in [0.4, 0.5) is 0 Å². The topological polar surface area (TPSA) is 153 Å². The Morgan fingerprint density at radius 1 is 1.14 bits per heavy atom. The number of hydrogen-bond donors (Lipinski definition) is 4. The number of likely N-dealkylation sites (tertiary alicyclic amines) is 1. The molecule has 2 aromatic carbocycles. The zero-order valence-electron chi connectivity index (χ0n) is 24.0. The first-order chi connectivity index (χ1) is 19.8. The number of aliphatic hydroxyl groups is 2. The number of imidazole rings is 1. The van der Waals surface area contributed by atoms with Crippen molar-refractivity contribution in [1.82, 2.24) is 19.4 Å². The van der Waals surface area contributed by atoms with Crippen LogP contribution in [0.25, 0.3) is 11.0 Å². The molecule has 0 radical (unpaired) electrons. The van der Waals surface area contributed by atoms with E-state index in [1.807, 2.05) is 32.0 Å². The van der Waals surface area contributed by atoms with Crippen LogP contribution in [0.1, 0.15) is 54.0 Å². The minimum Gasteiger partial charge on any atom is -0.507 e. The van der Waals surface area contributed by atoms with Crippen LogP contribution in [0.2, 0.25) is 0 Å². The molecule has 4 aromatic rings. The Bertz CT molecular complexity index is 1700. The second-order valence-corrected chi connectivity index (χ2v) is 12.0. The summed E-state index contributed by atoms with van der Waals surface area (Å²) in [6, 6.07) is 13.3. The Morgan fingerprint density at radius 2 is 1.90 bits per heavy atom. The normalized spacial score (nSPS) is 15.1. The molecule has 42 heavy (non-hydrogen) atoms. The molecule has 1 amide bonds. The second kappa shape index (κ2) is 11.2. The highest BCUT2D eigenvalue weighted by Crippen LogP contribution is 2.30. The summed E-state index contributed by atoms with van der Waals surface area (Å²) in [6.07, 6.45) is 1.87. The minimum absolute atomic E-state index is 0.0306. The fraction of sp³-hybridized carbons (Fsp3) is 0.355. The zero-order valence-corrected chi connectivity index (χ0v) is 24.0. The molecule has 0 atom stereocenters. The molecule has 2 aromatic heterocycles. The van der Waals surface area contributed by atoms with Gasteiger partial charge in [-0.1, -0.05) is 12.1 Å². The van der Waals surface area contributed by atoms with Crippen LogP contribution < -0.4 is 10.4 Å². The first-order valence-electron chi connectivity index (χ1n) is 13.7. The van der Waals surface area contributed by atoms with Crippen LogP contribution in [0.5, 0.6) is 17.4 Å². The molecule has 1 aliphatic rings. The quantitative estimate of drug-likeness (QED) is 0.222. The lowest BCUT2D eigenvalue weighted by Gasteiger charge is -2.45. The molecule has 11 heteroatoms. The van der Waals surface area contributed by atoms with Gasteiger partial charge in [0.1, 0.15) is 11.5 Å². The number of hydrogen-bond acceptors (Lipinski definition) is 8. The number of carbonyl (C=O) groups is 2. The summed E-state index contributed by atoms with van der Waals surface area (Å²) in [6.45, 7) is 9.57. The van der Waals surface area contributed by atoms with E-state index in [1.165, 1.54) is 36.5 Å². The summed E-state index contributed by atoms with van der Waals surface area (Å²) in [5, 5.41) is 30.8. The smallest absolute Gasteiger partial charge is 0.280 e. The highest BCUT2D eigenvalue weighted by atomic mass is 16.5. The van der Waals surface area contributed by atoms with Gasteiger partial charge in [0.05, 0.1) is 34.3 Å². The fourth-order valence-corrected chi connectivity index (χ4v) is 4.96. The van der Waals surface area contributed by atoms with Crippen LogP contribution >= 0.6 is 0 Å². The van der Waals surface area contributed by atoms with Gasteiger partial charge >= 0.3 is 0 Å². The molecular formula is C31H35N5O6. The first kappa shape index (κ1) is 29.2. The minimum atomic E-state index is -1.09. The average Bonchev–Trinajstić information content (AvgIpc) is 3.20. The number of pyridine rings is 1. The lowest BCUT2D eigenvalue weighted by molar-refractivity contribution is -0.0647. The van der Waals surface area contributed by atoms with Crippen molar-refractivity contribution in [1.29, 1.82) is 0 Å². The zero-order chi connectivity index (χ0) is 30.2. The summed E-state index contributed by atoms with van der Waals surface area (Å²) >= 11 is 0. The number of rotatable bonds is 9. The molecule has 0 bridgehead atoms. The van der Waals surface area contributed by atoms with Crippen LogP contribution in [0, 0.1) is 5.92 Å². The Labute approximate surface area is 242 Å². The molecule has 1 saturated heterocycles. The van der Waals surface area contributed by atoms with Crippen LogP contribution in [0.15, 0.2) is 59.7 Å². The van der Waals surface area contributed by atoms with Gasteiger partial charge in [0.25, 0.3) is 5.91 Å². The van der Waals surface area contributed by atoms with Gasteiger partial charge in [-0.05, 0) is 63.6 Å². The molecule has 0 aliphatic carbocycles. The molecule has 3 heterocycles.